The Morgan fingerprint density at radius 1 is 1.32 bits per heavy atom. The van der Waals surface area contributed by atoms with Gasteiger partial charge in [-0.1, -0.05) is 13.0 Å². The van der Waals surface area contributed by atoms with E-state index < -0.39 is 11.9 Å². The minimum atomic E-state index is -0.660. The van der Waals surface area contributed by atoms with Crippen molar-refractivity contribution in [2.45, 2.75) is 45.2 Å². The molecule has 7 nitrogen and oxygen atoms in total. The van der Waals surface area contributed by atoms with Gasteiger partial charge in [-0.3, -0.25) is 24.5 Å². The summed E-state index contributed by atoms with van der Waals surface area (Å²) in [5.74, 6) is -0.520. The molecule has 2 heterocycles. The SMILES string of the molecule is CCCC(=O)COc1cccc2c1CN(C1CCC(=O)NC1=O)C2=O. The molecule has 1 N–H and O–H groups in total. The van der Waals surface area contributed by atoms with Crippen LogP contribution in [0.1, 0.15) is 48.5 Å². The molecule has 3 rings (SSSR count). The number of imide groups is 1. The number of hydrogen-bond acceptors (Lipinski definition) is 5. The standard InChI is InChI=1S/C18H20N2O5/c1-2-4-11(21)10-25-15-6-3-5-12-13(15)9-20(18(12)24)14-7-8-16(22)19-17(14)23/h3,5-6,14H,2,4,7-10H2,1H3,(H,19,22,23). The second kappa shape index (κ2) is 7.04. The van der Waals surface area contributed by atoms with Gasteiger partial charge in [0.2, 0.25) is 11.8 Å². The largest absolute Gasteiger partial charge is 0.485 e. The fourth-order valence-corrected chi connectivity index (χ4v) is 3.20. The van der Waals surface area contributed by atoms with Crippen LogP contribution in [0.25, 0.3) is 0 Å². The summed E-state index contributed by atoms with van der Waals surface area (Å²) in [5, 5.41) is 2.27. The maximum atomic E-state index is 12.7. The van der Waals surface area contributed by atoms with Crippen LogP contribution in [0.15, 0.2) is 18.2 Å². The Labute approximate surface area is 145 Å². The third kappa shape index (κ3) is 3.40. The molecule has 1 atom stereocenters. The summed E-state index contributed by atoms with van der Waals surface area (Å²) in [6.07, 6.45) is 1.74. The van der Waals surface area contributed by atoms with Crippen molar-refractivity contribution in [3.8, 4) is 5.75 Å². The highest BCUT2D eigenvalue weighted by Crippen LogP contribution is 2.33. The van der Waals surface area contributed by atoms with Crippen LogP contribution >= 0.6 is 0 Å². The summed E-state index contributed by atoms with van der Waals surface area (Å²) in [6.45, 7) is 2.13. The van der Waals surface area contributed by atoms with E-state index in [4.69, 9.17) is 4.74 Å². The average molecular weight is 344 g/mol. The van der Waals surface area contributed by atoms with Crippen LogP contribution in [-0.4, -0.2) is 41.1 Å². The topological polar surface area (TPSA) is 92.8 Å². The second-order valence-electron chi connectivity index (χ2n) is 6.26. The lowest BCUT2D eigenvalue weighted by Gasteiger charge is -2.29. The van der Waals surface area contributed by atoms with Crippen LogP contribution in [0.3, 0.4) is 0 Å². The minimum absolute atomic E-state index is 0.00598. The van der Waals surface area contributed by atoms with Crippen molar-refractivity contribution in [2.24, 2.45) is 0 Å². The zero-order valence-electron chi connectivity index (χ0n) is 14.0. The van der Waals surface area contributed by atoms with Gasteiger partial charge >= 0.3 is 0 Å². The van der Waals surface area contributed by atoms with Crippen molar-refractivity contribution in [2.75, 3.05) is 6.61 Å². The zero-order chi connectivity index (χ0) is 18.0. The molecule has 7 heteroatoms. The van der Waals surface area contributed by atoms with Gasteiger partial charge in [-0.2, -0.15) is 0 Å². The Kier molecular flexibility index (Phi) is 4.83. The molecule has 3 amide bonds. The monoisotopic (exact) mass is 344 g/mol. The number of amides is 3. The molecular formula is C18H20N2O5. The molecule has 1 unspecified atom stereocenters. The normalized spacial score (nSPS) is 19.6. The Balaban J connectivity index is 1.77. The van der Waals surface area contributed by atoms with Crippen LogP contribution in [0.5, 0.6) is 5.75 Å². The Morgan fingerprint density at radius 3 is 2.84 bits per heavy atom. The molecule has 0 bridgehead atoms. The predicted molar refractivity (Wildman–Crippen MR) is 87.9 cm³/mol. The van der Waals surface area contributed by atoms with Gasteiger partial charge in [0, 0.05) is 24.0 Å². The van der Waals surface area contributed by atoms with Gasteiger partial charge < -0.3 is 9.64 Å². The highest BCUT2D eigenvalue weighted by atomic mass is 16.5. The number of Topliss-reactive ketones (excluding diaryl/α,β-unsaturated/α-hetero) is 1. The van der Waals surface area contributed by atoms with Gasteiger partial charge in [0.25, 0.3) is 5.91 Å². The minimum Gasteiger partial charge on any atom is -0.485 e. The van der Waals surface area contributed by atoms with E-state index in [0.29, 0.717) is 29.7 Å². The highest BCUT2D eigenvalue weighted by Gasteiger charge is 2.40. The number of carbonyl (C=O) groups excluding carboxylic acids is 4. The summed E-state index contributed by atoms with van der Waals surface area (Å²) >= 11 is 0. The van der Waals surface area contributed by atoms with E-state index in [-0.39, 0.29) is 37.2 Å². The molecule has 1 saturated heterocycles. The van der Waals surface area contributed by atoms with Crippen molar-refractivity contribution in [1.82, 2.24) is 10.2 Å². The molecule has 1 aromatic rings. The number of carbonyl (C=O) groups is 4. The maximum Gasteiger partial charge on any atom is 0.255 e. The van der Waals surface area contributed by atoms with Crippen LogP contribution in [-0.2, 0) is 20.9 Å². The third-order valence-corrected chi connectivity index (χ3v) is 4.46. The number of hydrogen-bond donors (Lipinski definition) is 1. The number of fused-ring (bicyclic) bond motifs is 1. The van der Waals surface area contributed by atoms with Gasteiger partial charge in [0.1, 0.15) is 18.4 Å². The average Bonchev–Trinajstić information content (AvgIpc) is 2.91. The van der Waals surface area contributed by atoms with Crippen molar-refractivity contribution < 1.29 is 23.9 Å². The molecule has 1 fully saturated rings. The molecule has 2 aliphatic heterocycles. The van der Waals surface area contributed by atoms with E-state index >= 15 is 0 Å². The van der Waals surface area contributed by atoms with Crippen LogP contribution in [0.4, 0.5) is 0 Å². The van der Waals surface area contributed by atoms with E-state index in [1.54, 1.807) is 18.2 Å². The fraction of sp³-hybridized carbons (Fsp3) is 0.444. The van der Waals surface area contributed by atoms with E-state index in [9.17, 15) is 19.2 Å². The predicted octanol–water partition coefficient (Wildman–Crippen LogP) is 1.20. The van der Waals surface area contributed by atoms with Crippen LogP contribution < -0.4 is 10.1 Å². The number of nitrogens with one attached hydrogen (secondary N) is 1. The number of rotatable bonds is 6. The lowest BCUT2D eigenvalue weighted by atomic mass is 10.0. The number of benzene rings is 1. The fourth-order valence-electron chi connectivity index (χ4n) is 3.20. The van der Waals surface area contributed by atoms with Gasteiger partial charge in [-0.25, -0.2) is 0 Å². The maximum absolute atomic E-state index is 12.7. The Hall–Kier alpha value is -2.70. The number of ether oxygens (including phenoxy) is 1. The van der Waals surface area contributed by atoms with E-state index in [2.05, 4.69) is 5.32 Å². The lowest BCUT2D eigenvalue weighted by Crippen LogP contribution is -2.52. The van der Waals surface area contributed by atoms with Gasteiger partial charge in [0.15, 0.2) is 5.78 Å². The first-order valence-corrected chi connectivity index (χ1v) is 8.42. The van der Waals surface area contributed by atoms with Gasteiger partial charge in [0.05, 0.1) is 6.54 Å². The van der Waals surface area contributed by atoms with Crippen molar-refractivity contribution in [3.63, 3.8) is 0 Å². The van der Waals surface area contributed by atoms with E-state index in [1.807, 2.05) is 6.92 Å². The number of ketones is 1. The first-order valence-electron chi connectivity index (χ1n) is 8.42. The lowest BCUT2D eigenvalue weighted by molar-refractivity contribution is -0.137. The van der Waals surface area contributed by atoms with Gasteiger partial charge in [-0.05, 0) is 25.0 Å². The smallest absolute Gasteiger partial charge is 0.255 e. The molecule has 25 heavy (non-hydrogen) atoms. The summed E-state index contributed by atoms with van der Waals surface area (Å²) in [5.41, 5.74) is 1.16. The summed E-state index contributed by atoms with van der Waals surface area (Å²) in [7, 11) is 0. The quantitative estimate of drug-likeness (QED) is 0.783. The Morgan fingerprint density at radius 2 is 2.12 bits per heavy atom. The van der Waals surface area contributed by atoms with Gasteiger partial charge in [-0.15, -0.1) is 0 Å². The highest BCUT2D eigenvalue weighted by molar-refractivity contribution is 6.05. The second-order valence-corrected chi connectivity index (χ2v) is 6.26. The zero-order valence-corrected chi connectivity index (χ0v) is 14.0. The first-order chi connectivity index (χ1) is 12.0. The van der Waals surface area contributed by atoms with E-state index in [0.717, 1.165) is 6.42 Å². The third-order valence-electron chi connectivity index (χ3n) is 4.46. The van der Waals surface area contributed by atoms with Crippen molar-refractivity contribution in [3.05, 3.63) is 29.3 Å². The van der Waals surface area contributed by atoms with Crippen molar-refractivity contribution in [1.29, 1.82) is 0 Å². The van der Waals surface area contributed by atoms with E-state index in [1.165, 1.54) is 4.90 Å². The molecule has 0 aliphatic carbocycles. The Bertz CT molecular complexity index is 743. The molecule has 0 radical (unpaired) electrons. The molecule has 0 spiro atoms. The first kappa shape index (κ1) is 17.1. The molecule has 0 aromatic heterocycles. The number of piperidine rings is 1. The summed E-state index contributed by atoms with van der Waals surface area (Å²) in [4.78, 5) is 49.2. The summed E-state index contributed by atoms with van der Waals surface area (Å²) < 4.78 is 5.61. The molecule has 132 valence electrons. The molecule has 1 aromatic carbocycles. The van der Waals surface area contributed by atoms with Crippen LogP contribution in [0, 0.1) is 0 Å². The number of nitrogens with zero attached hydrogens (tertiary/aromatic N) is 1. The molecular weight excluding hydrogens is 324 g/mol. The molecule has 0 saturated carbocycles. The molecule has 2 aliphatic rings. The van der Waals surface area contributed by atoms with Crippen LogP contribution in [0.2, 0.25) is 0 Å². The van der Waals surface area contributed by atoms with Crippen molar-refractivity contribution >= 4 is 23.5 Å². The summed E-state index contributed by atoms with van der Waals surface area (Å²) in [6, 6.07) is 4.45.